The third-order valence-electron chi connectivity index (χ3n) is 4.63. The zero-order chi connectivity index (χ0) is 14.9. The highest BCUT2D eigenvalue weighted by Crippen LogP contribution is 2.24. The van der Waals surface area contributed by atoms with Crippen molar-refractivity contribution in [3.05, 3.63) is 53.3 Å². The van der Waals surface area contributed by atoms with E-state index >= 15 is 0 Å². The van der Waals surface area contributed by atoms with Crippen LogP contribution in [-0.4, -0.2) is 14.6 Å². The van der Waals surface area contributed by atoms with Crippen LogP contribution in [0.3, 0.4) is 0 Å². The first-order valence-corrected chi connectivity index (χ1v) is 8.25. The molecule has 2 aromatic heterocycles. The van der Waals surface area contributed by atoms with Crippen molar-refractivity contribution in [2.24, 2.45) is 0 Å². The number of hydrogen-bond donors (Lipinski definition) is 0. The number of aryl methyl sites for hydroxylation is 3. The van der Waals surface area contributed by atoms with E-state index in [0.29, 0.717) is 0 Å². The monoisotopic (exact) mass is 291 g/mol. The first-order chi connectivity index (χ1) is 10.8. The molecule has 22 heavy (non-hydrogen) atoms. The van der Waals surface area contributed by atoms with Gasteiger partial charge >= 0.3 is 0 Å². The molecule has 3 heteroatoms. The molecule has 0 radical (unpaired) electrons. The van der Waals surface area contributed by atoms with Gasteiger partial charge in [0.25, 0.3) is 0 Å². The van der Waals surface area contributed by atoms with Crippen molar-refractivity contribution in [1.82, 2.24) is 14.6 Å². The van der Waals surface area contributed by atoms with E-state index in [1.807, 2.05) is 0 Å². The van der Waals surface area contributed by atoms with Crippen LogP contribution >= 0.6 is 0 Å². The van der Waals surface area contributed by atoms with Crippen molar-refractivity contribution in [3.8, 4) is 11.3 Å². The van der Waals surface area contributed by atoms with Gasteiger partial charge in [-0.2, -0.15) is 5.10 Å². The molecule has 0 N–H and O–H groups in total. The quantitative estimate of drug-likeness (QED) is 0.666. The highest BCUT2D eigenvalue weighted by Gasteiger charge is 2.14. The highest BCUT2D eigenvalue weighted by atomic mass is 15.3. The molecular formula is C19H21N3. The first kappa shape index (κ1) is 13.5. The average Bonchev–Trinajstić information content (AvgIpc) is 2.92. The molecule has 0 saturated carbocycles. The number of rotatable bonds is 1. The van der Waals surface area contributed by atoms with Gasteiger partial charge in [-0.25, -0.2) is 9.50 Å². The van der Waals surface area contributed by atoms with Crippen LogP contribution in [-0.2, 0) is 12.8 Å². The van der Waals surface area contributed by atoms with Crippen molar-refractivity contribution in [1.29, 1.82) is 0 Å². The topological polar surface area (TPSA) is 30.2 Å². The van der Waals surface area contributed by atoms with Crippen LogP contribution in [0.2, 0.25) is 0 Å². The van der Waals surface area contributed by atoms with Crippen molar-refractivity contribution < 1.29 is 0 Å². The second-order valence-corrected chi connectivity index (χ2v) is 6.31. The van der Waals surface area contributed by atoms with Gasteiger partial charge in [0.2, 0.25) is 0 Å². The Morgan fingerprint density at radius 1 is 0.955 bits per heavy atom. The molecule has 0 fully saturated rings. The summed E-state index contributed by atoms with van der Waals surface area (Å²) in [6.45, 7) is 2.11. The predicted octanol–water partition coefficient (Wildman–Crippen LogP) is 4.36. The van der Waals surface area contributed by atoms with Crippen LogP contribution < -0.4 is 0 Å². The lowest BCUT2D eigenvalue weighted by Gasteiger charge is -2.14. The van der Waals surface area contributed by atoms with Gasteiger partial charge < -0.3 is 0 Å². The molecule has 0 aliphatic heterocycles. The number of benzene rings is 1. The summed E-state index contributed by atoms with van der Waals surface area (Å²) in [7, 11) is 0. The largest absolute Gasteiger partial charge is 0.237 e. The zero-order valence-electron chi connectivity index (χ0n) is 13.0. The molecule has 2 heterocycles. The minimum absolute atomic E-state index is 0.967. The van der Waals surface area contributed by atoms with Crippen LogP contribution in [0.25, 0.3) is 16.9 Å². The summed E-state index contributed by atoms with van der Waals surface area (Å²) in [6.07, 6.45) is 9.51. The molecule has 0 amide bonds. The summed E-state index contributed by atoms with van der Waals surface area (Å²) in [5, 5.41) is 4.85. The van der Waals surface area contributed by atoms with Gasteiger partial charge in [0, 0.05) is 23.5 Å². The van der Waals surface area contributed by atoms with E-state index < -0.39 is 0 Å². The van der Waals surface area contributed by atoms with Crippen LogP contribution in [0.4, 0.5) is 0 Å². The molecule has 3 aromatic rings. The second-order valence-electron chi connectivity index (χ2n) is 6.31. The second kappa shape index (κ2) is 5.56. The lowest BCUT2D eigenvalue weighted by Crippen LogP contribution is -2.08. The molecule has 0 bridgehead atoms. The third-order valence-corrected chi connectivity index (χ3v) is 4.63. The minimum Gasteiger partial charge on any atom is -0.237 e. The lowest BCUT2D eigenvalue weighted by molar-refractivity contribution is 0.596. The summed E-state index contributed by atoms with van der Waals surface area (Å²) in [4.78, 5) is 4.63. The number of aromatic nitrogens is 3. The Hall–Kier alpha value is -2.16. The maximum Gasteiger partial charge on any atom is 0.155 e. The Morgan fingerprint density at radius 2 is 1.73 bits per heavy atom. The Kier molecular flexibility index (Phi) is 3.41. The molecule has 3 nitrogen and oxygen atoms in total. The van der Waals surface area contributed by atoms with Gasteiger partial charge in [0.1, 0.15) is 0 Å². The molecule has 112 valence electrons. The van der Waals surface area contributed by atoms with E-state index in [2.05, 4.69) is 53.0 Å². The zero-order valence-corrected chi connectivity index (χ0v) is 13.0. The van der Waals surface area contributed by atoms with Gasteiger partial charge in [-0.05, 0) is 38.2 Å². The van der Waals surface area contributed by atoms with E-state index in [0.717, 1.165) is 29.7 Å². The predicted molar refractivity (Wildman–Crippen MR) is 89.0 cm³/mol. The summed E-state index contributed by atoms with van der Waals surface area (Å²) < 4.78 is 2.08. The fraction of sp³-hybridized carbons (Fsp3) is 0.368. The third kappa shape index (κ3) is 2.41. The van der Waals surface area contributed by atoms with Gasteiger partial charge in [0.15, 0.2) is 5.65 Å². The van der Waals surface area contributed by atoms with E-state index in [-0.39, 0.29) is 0 Å². The molecule has 0 unspecified atom stereocenters. The fourth-order valence-corrected chi connectivity index (χ4v) is 3.32. The van der Waals surface area contributed by atoms with Gasteiger partial charge in [-0.1, -0.05) is 42.7 Å². The van der Waals surface area contributed by atoms with E-state index in [1.165, 1.54) is 42.5 Å². The van der Waals surface area contributed by atoms with Crippen LogP contribution in [0.1, 0.15) is 42.5 Å². The van der Waals surface area contributed by atoms with Crippen molar-refractivity contribution in [2.75, 3.05) is 0 Å². The Morgan fingerprint density at radius 3 is 2.55 bits per heavy atom. The van der Waals surface area contributed by atoms with Crippen molar-refractivity contribution in [3.63, 3.8) is 0 Å². The Bertz CT molecular complexity index is 799. The summed E-state index contributed by atoms with van der Waals surface area (Å²) >= 11 is 0. The van der Waals surface area contributed by atoms with E-state index in [4.69, 9.17) is 5.10 Å². The molecule has 1 aliphatic rings. The highest BCUT2D eigenvalue weighted by molar-refractivity contribution is 5.64. The first-order valence-electron chi connectivity index (χ1n) is 8.25. The smallest absolute Gasteiger partial charge is 0.155 e. The molecule has 1 aliphatic carbocycles. The van der Waals surface area contributed by atoms with Crippen molar-refractivity contribution in [2.45, 2.75) is 45.4 Å². The average molecular weight is 291 g/mol. The summed E-state index contributed by atoms with van der Waals surface area (Å²) in [5.41, 5.74) is 7.16. The summed E-state index contributed by atoms with van der Waals surface area (Å²) in [6, 6.07) is 10.7. The Balaban J connectivity index is 1.83. The minimum atomic E-state index is 0.967. The standard InChI is InChI=1S/C19H21N3/c1-14-8-10-15(11-9-14)17-12-19-20-13-16-6-4-2-3-5-7-18(16)22(19)21-17/h8-13H,2-7H2,1H3. The molecule has 0 spiro atoms. The Labute approximate surface area is 131 Å². The van der Waals surface area contributed by atoms with Crippen LogP contribution in [0.5, 0.6) is 0 Å². The van der Waals surface area contributed by atoms with Crippen LogP contribution in [0, 0.1) is 6.92 Å². The normalized spacial score (nSPS) is 15.3. The van der Waals surface area contributed by atoms with Gasteiger partial charge in [0.05, 0.1) is 5.69 Å². The van der Waals surface area contributed by atoms with E-state index in [9.17, 15) is 0 Å². The molecule has 0 atom stereocenters. The fourth-order valence-electron chi connectivity index (χ4n) is 3.32. The maximum absolute atomic E-state index is 4.85. The van der Waals surface area contributed by atoms with E-state index in [1.54, 1.807) is 0 Å². The molecular weight excluding hydrogens is 270 g/mol. The lowest BCUT2D eigenvalue weighted by atomic mass is 9.98. The molecule has 0 saturated heterocycles. The number of nitrogens with zero attached hydrogens (tertiary/aromatic N) is 3. The SMILES string of the molecule is Cc1ccc(-c2cc3ncc4c(n3n2)CCCCCC4)cc1. The van der Waals surface area contributed by atoms with Gasteiger partial charge in [-0.15, -0.1) is 0 Å². The molecule has 4 rings (SSSR count). The number of hydrogen-bond acceptors (Lipinski definition) is 2. The van der Waals surface area contributed by atoms with Crippen LogP contribution in [0.15, 0.2) is 36.5 Å². The number of fused-ring (bicyclic) bond motifs is 3. The van der Waals surface area contributed by atoms with Gasteiger partial charge in [-0.3, -0.25) is 0 Å². The summed E-state index contributed by atoms with van der Waals surface area (Å²) in [5.74, 6) is 0. The maximum atomic E-state index is 4.85. The van der Waals surface area contributed by atoms with Crippen molar-refractivity contribution >= 4 is 5.65 Å². The molecule has 1 aromatic carbocycles.